The van der Waals surface area contributed by atoms with Crippen LogP contribution in [0.5, 0.6) is 0 Å². The van der Waals surface area contributed by atoms with E-state index in [2.05, 4.69) is 16.1 Å². The fourth-order valence-electron chi connectivity index (χ4n) is 1.08. The number of ether oxygens (including phenoxy) is 4. The lowest BCUT2D eigenvalue weighted by Gasteiger charge is -2.17. The number of nitrogens with zero attached hydrogens (tertiary/aromatic N) is 2. The van der Waals surface area contributed by atoms with Crippen LogP contribution in [0.1, 0.15) is 12.8 Å². The molecule has 8 nitrogen and oxygen atoms in total. The standard InChI is InChI=1S/C12H17N2O6P/c1-2-19-12(15)20-11-21(16,9-17-7-3-5-13)10-18-8-4-6-14/h2H,1,3-4,7-11H2. The Labute approximate surface area is 123 Å². The summed E-state index contributed by atoms with van der Waals surface area (Å²) in [4.78, 5) is 11.0. The van der Waals surface area contributed by atoms with E-state index >= 15 is 0 Å². The van der Waals surface area contributed by atoms with Gasteiger partial charge in [0.15, 0.2) is 13.5 Å². The molecular formula is C12H17N2O6P. The van der Waals surface area contributed by atoms with Gasteiger partial charge in [-0.05, 0) is 0 Å². The lowest BCUT2D eigenvalue weighted by atomic mass is 10.5. The molecule has 0 atom stereocenters. The van der Waals surface area contributed by atoms with Crippen LogP contribution in [0.2, 0.25) is 0 Å². The summed E-state index contributed by atoms with van der Waals surface area (Å²) in [5, 5.41) is 16.8. The molecule has 0 N–H and O–H groups in total. The number of rotatable bonds is 11. The highest BCUT2D eigenvalue weighted by Crippen LogP contribution is 2.45. The van der Waals surface area contributed by atoms with Gasteiger partial charge >= 0.3 is 6.16 Å². The largest absolute Gasteiger partial charge is 0.513 e. The molecule has 0 bridgehead atoms. The minimum absolute atomic E-state index is 0.121. The molecule has 116 valence electrons. The highest BCUT2D eigenvalue weighted by atomic mass is 31.2. The van der Waals surface area contributed by atoms with Crippen molar-refractivity contribution in [2.75, 3.05) is 32.3 Å². The highest BCUT2D eigenvalue weighted by molar-refractivity contribution is 7.63. The Morgan fingerprint density at radius 1 is 1.10 bits per heavy atom. The predicted octanol–water partition coefficient (Wildman–Crippen LogP) is 2.38. The van der Waals surface area contributed by atoms with Gasteiger partial charge < -0.3 is 23.5 Å². The third-order valence-corrected chi connectivity index (χ3v) is 3.87. The lowest BCUT2D eigenvalue weighted by Crippen LogP contribution is -2.12. The molecule has 0 spiro atoms. The first kappa shape index (κ1) is 19.1. The molecule has 9 heteroatoms. The van der Waals surface area contributed by atoms with Crippen molar-refractivity contribution in [1.29, 1.82) is 10.5 Å². The van der Waals surface area contributed by atoms with Gasteiger partial charge in [0.05, 0.1) is 44.5 Å². The smallest absolute Gasteiger partial charge is 0.426 e. The van der Waals surface area contributed by atoms with E-state index in [-0.39, 0.29) is 38.8 Å². The maximum Gasteiger partial charge on any atom is 0.513 e. The zero-order valence-corrected chi connectivity index (χ0v) is 12.4. The predicted molar refractivity (Wildman–Crippen MR) is 72.3 cm³/mol. The number of nitriles is 2. The van der Waals surface area contributed by atoms with E-state index in [1.54, 1.807) is 0 Å². The molecule has 0 aliphatic carbocycles. The van der Waals surface area contributed by atoms with Crippen molar-refractivity contribution in [2.45, 2.75) is 12.8 Å². The van der Waals surface area contributed by atoms with E-state index < -0.39 is 19.6 Å². The van der Waals surface area contributed by atoms with Gasteiger partial charge in [-0.3, -0.25) is 0 Å². The van der Waals surface area contributed by atoms with Crippen molar-refractivity contribution in [3.63, 3.8) is 0 Å². The van der Waals surface area contributed by atoms with E-state index in [1.165, 1.54) is 0 Å². The zero-order chi connectivity index (χ0) is 16.0. The van der Waals surface area contributed by atoms with Crippen LogP contribution >= 0.6 is 7.14 Å². The number of carbonyl (C=O) groups excluding carboxylic acids is 1. The maximum atomic E-state index is 12.5. The van der Waals surface area contributed by atoms with Crippen molar-refractivity contribution in [3.05, 3.63) is 12.8 Å². The second-order valence-corrected chi connectivity index (χ2v) is 6.65. The Bertz CT molecular complexity index is 428. The number of hydrogen-bond donors (Lipinski definition) is 0. The fraction of sp³-hybridized carbons (Fsp3) is 0.583. The first-order valence-electron chi connectivity index (χ1n) is 5.99. The van der Waals surface area contributed by atoms with Crippen molar-refractivity contribution >= 4 is 13.3 Å². The number of hydrogen-bond acceptors (Lipinski definition) is 8. The summed E-state index contributed by atoms with van der Waals surface area (Å²) in [5.41, 5.74) is 0. The summed E-state index contributed by atoms with van der Waals surface area (Å²) in [5.74, 6) is 0. The maximum absolute atomic E-state index is 12.5. The normalized spacial score (nSPS) is 10.2. The molecule has 0 aliphatic rings. The second-order valence-electron chi connectivity index (χ2n) is 3.76. The fourth-order valence-corrected chi connectivity index (χ4v) is 2.57. The van der Waals surface area contributed by atoms with Gasteiger partial charge in [-0.2, -0.15) is 10.5 Å². The van der Waals surface area contributed by atoms with Crippen LogP contribution in [0.15, 0.2) is 12.8 Å². The highest BCUT2D eigenvalue weighted by Gasteiger charge is 2.25. The molecule has 0 aliphatic heterocycles. The quantitative estimate of drug-likeness (QED) is 0.247. The van der Waals surface area contributed by atoms with Crippen molar-refractivity contribution in [3.8, 4) is 12.1 Å². The molecule has 0 fully saturated rings. The topological polar surface area (TPSA) is 119 Å². The minimum Gasteiger partial charge on any atom is -0.426 e. The Morgan fingerprint density at radius 3 is 2.05 bits per heavy atom. The molecule has 0 amide bonds. The van der Waals surface area contributed by atoms with Gasteiger partial charge in [-0.25, -0.2) is 4.79 Å². The first-order chi connectivity index (χ1) is 10.1. The second kappa shape index (κ2) is 11.9. The van der Waals surface area contributed by atoms with E-state index in [0.717, 1.165) is 6.26 Å². The molecule has 0 aromatic rings. The molecule has 0 aromatic carbocycles. The first-order valence-corrected chi connectivity index (χ1v) is 8.25. The molecule has 0 saturated heterocycles. The summed E-state index contributed by atoms with van der Waals surface area (Å²) in [7, 11) is -3.10. The van der Waals surface area contributed by atoms with Gasteiger partial charge in [0.25, 0.3) is 0 Å². The van der Waals surface area contributed by atoms with Crippen molar-refractivity contribution in [1.82, 2.24) is 0 Å². The molecule has 0 heterocycles. The Hall–Kier alpha value is -1.86. The van der Waals surface area contributed by atoms with E-state index in [1.807, 2.05) is 12.1 Å². The Kier molecular flexibility index (Phi) is 10.9. The van der Waals surface area contributed by atoms with Crippen molar-refractivity contribution < 1.29 is 28.3 Å². The van der Waals surface area contributed by atoms with Crippen LogP contribution in [-0.4, -0.2) is 38.4 Å². The average Bonchev–Trinajstić information content (AvgIpc) is 2.47. The SMILES string of the molecule is C=COC(=O)OCP(=O)(COCCC#N)COCCC#N. The molecule has 0 aromatic heterocycles. The Morgan fingerprint density at radius 2 is 1.62 bits per heavy atom. The van der Waals surface area contributed by atoms with Crippen LogP contribution < -0.4 is 0 Å². The van der Waals surface area contributed by atoms with Crippen LogP contribution in [0.3, 0.4) is 0 Å². The average molecular weight is 316 g/mol. The Balaban J connectivity index is 4.33. The van der Waals surface area contributed by atoms with E-state index in [0.29, 0.717) is 0 Å². The molecule has 0 radical (unpaired) electrons. The molecule has 21 heavy (non-hydrogen) atoms. The van der Waals surface area contributed by atoms with Gasteiger partial charge in [-0.15, -0.1) is 0 Å². The minimum atomic E-state index is -3.10. The lowest BCUT2D eigenvalue weighted by molar-refractivity contribution is 0.0953. The van der Waals surface area contributed by atoms with Crippen LogP contribution in [-0.2, 0) is 23.5 Å². The van der Waals surface area contributed by atoms with Gasteiger partial charge in [-0.1, -0.05) is 6.58 Å². The van der Waals surface area contributed by atoms with Gasteiger partial charge in [0.1, 0.15) is 12.7 Å². The molecular weight excluding hydrogens is 299 g/mol. The number of carbonyl (C=O) groups is 1. The summed E-state index contributed by atoms with van der Waals surface area (Å²) in [6.07, 6.45) is -0.618. The summed E-state index contributed by atoms with van der Waals surface area (Å²) >= 11 is 0. The molecule has 0 saturated carbocycles. The summed E-state index contributed by atoms with van der Waals surface area (Å²) in [6, 6.07) is 3.76. The van der Waals surface area contributed by atoms with Crippen LogP contribution in [0, 0.1) is 22.7 Å². The van der Waals surface area contributed by atoms with Crippen LogP contribution in [0.25, 0.3) is 0 Å². The van der Waals surface area contributed by atoms with E-state index in [9.17, 15) is 9.36 Å². The summed E-state index contributed by atoms with van der Waals surface area (Å²) in [6.45, 7) is 3.42. The van der Waals surface area contributed by atoms with Gasteiger partial charge in [0, 0.05) is 0 Å². The summed E-state index contributed by atoms with van der Waals surface area (Å²) < 4.78 is 31.7. The third-order valence-electron chi connectivity index (χ3n) is 1.97. The third kappa shape index (κ3) is 10.6. The van der Waals surface area contributed by atoms with E-state index in [4.69, 9.17) is 20.0 Å². The molecule has 0 unspecified atom stereocenters. The zero-order valence-electron chi connectivity index (χ0n) is 11.5. The van der Waals surface area contributed by atoms with Crippen molar-refractivity contribution in [2.24, 2.45) is 0 Å². The van der Waals surface area contributed by atoms with Gasteiger partial charge in [0.2, 0.25) is 0 Å². The monoisotopic (exact) mass is 316 g/mol. The van der Waals surface area contributed by atoms with Crippen LogP contribution in [0.4, 0.5) is 4.79 Å². The molecule has 0 rings (SSSR count).